The van der Waals surface area contributed by atoms with Crippen molar-refractivity contribution in [2.75, 3.05) is 27.4 Å². The molecule has 2 aromatic carbocycles. The van der Waals surface area contributed by atoms with Crippen LogP contribution in [-0.4, -0.2) is 43.6 Å². The summed E-state index contributed by atoms with van der Waals surface area (Å²) in [7, 11) is 3.23. The van der Waals surface area contributed by atoms with Gasteiger partial charge in [-0.1, -0.05) is 6.07 Å². The normalized spacial score (nSPS) is 10.7. The maximum atomic E-state index is 12.6. The topological polar surface area (TPSA) is 69.6 Å². The van der Waals surface area contributed by atoms with E-state index in [1.165, 1.54) is 0 Å². The molecular weight excluding hydrogens is 344 g/mol. The summed E-state index contributed by atoms with van der Waals surface area (Å²) in [5.41, 5.74) is 2.03. The Hall–Kier alpha value is -3.12. The number of hydrogen-bond donors (Lipinski definition) is 1. The fraction of sp³-hybridized carbons (Fsp3) is 0.238. The van der Waals surface area contributed by atoms with E-state index in [0.717, 1.165) is 10.9 Å². The Bertz CT molecular complexity index is 944. The van der Waals surface area contributed by atoms with Gasteiger partial charge in [0.1, 0.15) is 5.75 Å². The number of methoxy groups -OCH3 is 2. The van der Waals surface area contributed by atoms with E-state index in [0.29, 0.717) is 30.0 Å². The van der Waals surface area contributed by atoms with Gasteiger partial charge in [-0.15, -0.1) is 0 Å². The highest BCUT2D eigenvalue weighted by Crippen LogP contribution is 2.20. The first kappa shape index (κ1) is 18.7. The molecule has 0 aliphatic carbocycles. The zero-order valence-corrected chi connectivity index (χ0v) is 15.4. The van der Waals surface area contributed by atoms with Crippen molar-refractivity contribution in [3.63, 3.8) is 0 Å². The van der Waals surface area contributed by atoms with Gasteiger partial charge in [0.2, 0.25) is 0 Å². The van der Waals surface area contributed by atoms with Crippen LogP contribution in [0.2, 0.25) is 0 Å². The van der Waals surface area contributed by atoms with E-state index in [1.54, 1.807) is 44.6 Å². The van der Waals surface area contributed by atoms with Gasteiger partial charge in [-0.2, -0.15) is 0 Å². The van der Waals surface area contributed by atoms with Crippen LogP contribution in [0.3, 0.4) is 0 Å². The highest BCUT2D eigenvalue weighted by molar-refractivity contribution is 6.08. The maximum absolute atomic E-state index is 12.6. The van der Waals surface area contributed by atoms with Crippen molar-refractivity contribution < 1.29 is 19.1 Å². The third-order valence-corrected chi connectivity index (χ3v) is 4.42. The van der Waals surface area contributed by atoms with Crippen molar-refractivity contribution in [2.24, 2.45) is 0 Å². The first-order valence-electron chi connectivity index (χ1n) is 8.66. The van der Waals surface area contributed by atoms with Gasteiger partial charge in [0, 0.05) is 41.9 Å². The molecule has 6 nitrogen and oxygen atoms in total. The van der Waals surface area contributed by atoms with E-state index in [1.807, 2.05) is 29.0 Å². The summed E-state index contributed by atoms with van der Waals surface area (Å²) in [6, 6.07) is 14.3. The van der Waals surface area contributed by atoms with Crippen molar-refractivity contribution in [1.29, 1.82) is 0 Å². The minimum atomic E-state index is -0.271. The van der Waals surface area contributed by atoms with Gasteiger partial charge in [-0.3, -0.25) is 9.59 Å². The van der Waals surface area contributed by atoms with E-state index < -0.39 is 0 Å². The Morgan fingerprint density at radius 1 is 1.04 bits per heavy atom. The number of fused-ring (bicyclic) bond motifs is 1. The third kappa shape index (κ3) is 4.17. The predicted molar refractivity (Wildman–Crippen MR) is 103 cm³/mol. The van der Waals surface area contributed by atoms with E-state index >= 15 is 0 Å². The quantitative estimate of drug-likeness (QED) is 0.623. The molecular formula is C21H22N2O4. The molecule has 0 atom stereocenters. The van der Waals surface area contributed by atoms with Gasteiger partial charge in [0.05, 0.1) is 20.3 Å². The molecule has 0 spiro atoms. The fourth-order valence-electron chi connectivity index (χ4n) is 2.94. The van der Waals surface area contributed by atoms with Gasteiger partial charge in [-0.25, -0.2) is 0 Å². The monoisotopic (exact) mass is 366 g/mol. The average molecular weight is 366 g/mol. The largest absolute Gasteiger partial charge is 0.497 e. The van der Waals surface area contributed by atoms with Crippen molar-refractivity contribution >= 4 is 22.6 Å². The summed E-state index contributed by atoms with van der Waals surface area (Å²) in [6.07, 6.45) is 1.93. The molecule has 1 aromatic heterocycles. The number of amides is 1. The molecule has 0 aliphatic heterocycles. The van der Waals surface area contributed by atoms with Crippen molar-refractivity contribution in [3.05, 3.63) is 65.9 Å². The molecule has 3 rings (SSSR count). The Kier molecular flexibility index (Phi) is 5.88. The molecule has 1 N–H and O–H groups in total. The third-order valence-electron chi connectivity index (χ3n) is 4.42. The smallest absolute Gasteiger partial charge is 0.252 e. The lowest BCUT2D eigenvalue weighted by atomic mass is 10.1. The molecule has 3 aromatic rings. The van der Waals surface area contributed by atoms with E-state index in [2.05, 4.69) is 5.32 Å². The first-order valence-corrected chi connectivity index (χ1v) is 8.66. The van der Waals surface area contributed by atoms with Crippen LogP contribution >= 0.6 is 0 Å². The summed E-state index contributed by atoms with van der Waals surface area (Å²) >= 11 is 0. The minimum Gasteiger partial charge on any atom is -0.497 e. The summed E-state index contributed by atoms with van der Waals surface area (Å²) in [5.74, 6) is 0.253. The first-order chi connectivity index (χ1) is 13.1. The number of hydrogen-bond acceptors (Lipinski definition) is 4. The van der Waals surface area contributed by atoms with Crippen LogP contribution in [-0.2, 0) is 11.3 Å². The molecule has 0 fully saturated rings. The summed E-state index contributed by atoms with van der Waals surface area (Å²) in [4.78, 5) is 24.9. The summed E-state index contributed by atoms with van der Waals surface area (Å²) < 4.78 is 12.2. The number of ketones is 1. The Morgan fingerprint density at radius 3 is 2.52 bits per heavy atom. The predicted octanol–water partition coefficient (Wildman–Crippen LogP) is 2.91. The lowest BCUT2D eigenvalue weighted by Gasteiger charge is -2.08. The summed E-state index contributed by atoms with van der Waals surface area (Å²) in [6.45, 7) is 1.24. The van der Waals surface area contributed by atoms with E-state index in [9.17, 15) is 9.59 Å². The molecule has 6 heteroatoms. The number of carbonyl (C=O) groups is 2. The van der Waals surface area contributed by atoms with Gasteiger partial charge in [-0.05, 0) is 42.5 Å². The fourth-order valence-corrected chi connectivity index (χ4v) is 2.94. The summed E-state index contributed by atoms with van der Waals surface area (Å²) in [5, 5.41) is 3.57. The highest BCUT2D eigenvalue weighted by atomic mass is 16.5. The van der Waals surface area contributed by atoms with Crippen LogP contribution in [0.1, 0.15) is 20.7 Å². The molecule has 0 saturated carbocycles. The Morgan fingerprint density at radius 2 is 1.81 bits per heavy atom. The molecule has 27 heavy (non-hydrogen) atoms. The van der Waals surface area contributed by atoms with Crippen molar-refractivity contribution in [3.8, 4) is 5.75 Å². The average Bonchev–Trinajstić information content (AvgIpc) is 3.13. The minimum absolute atomic E-state index is 0.0636. The molecule has 0 radical (unpaired) electrons. The number of carbonyl (C=O) groups excluding carboxylic acids is 2. The lowest BCUT2D eigenvalue weighted by Crippen LogP contribution is -2.29. The molecule has 1 heterocycles. The molecule has 0 aliphatic rings. The van der Waals surface area contributed by atoms with Crippen LogP contribution in [0, 0.1) is 0 Å². The van der Waals surface area contributed by atoms with Crippen molar-refractivity contribution in [1.82, 2.24) is 9.88 Å². The number of ether oxygens (including phenoxy) is 2. The van der Waals surface area contributed by atoms with E-state index in [-0.39, 0.29) is 18.2 Å². The molecule has 0 saturated heterocycles. The van der Waals surface area contributed by atoms with E-state index in [4.69, 9.17) is 9.47 Å². The van der Waals surface area contributed by atoms with Gasteiger partial charge in [0.25, 0.3) is 5.91 Å². The van der Waals surface area contributed by atoms with Crippen molar-refractivity contribution in [2.45, 2.75) is 6.54 Å². The molecule has 140 valence electrons. The number of aromatic nitrogens is 1. The Balaban J connectivity index is 1.70. The number of nitrogens with zero attached hydrogens (tertiary/aromatic N) is 1. The SMILES string of the molecule is COCCn1ccc2c(C(=O)NCC(=O)c3ccc(OC)cc3)cccc21. The van der Waals surface area contributed by atoms with Crippen LogP contribution in [0.4, 0.5) is 0 Å². The zero-order valence-electron chi connectivity index (χ0n) is 15.4. The van der Waals surface area contributed by atoms with Gasteiger partial charge < -0.3 is 19.4 Å². The molecule has 0 bridgehead atoms. The Labute approximate surface area is 157 Å². The number of Topliss-reactive ketones (excluding diaryl/α,β-unsaturated/α-hetero) is 1. The second-order valence-electron chi connectivity index (χ2n) is 6.07. The van der Waals surface area contributed by atoms with Crippen LogP contribution in [0.25, 0.3) is 10.9 Å². The van der Waals surface area contributed by atoms with Crippen LogP contribution in [0.15, 0.2) is 54.7 Å². The number of benzene rings is 2. The van der Waals surface area contributed by atoms with Gasteiger partial charge >= 0.3 is 0 Å². The van der Waals surface area contributed by atoms with Crippen LogP contribution in [0.5, 0.6) is 5.75 Å². The van der Waals surface area contributed by atoms with Crippen LogP contribution < -0.4 is 10.1 Å². The maximum Gasteiger partial charge on any atom is 0.252 e. The second-order valence-corrected chi connectivity index (χ2v) is 6.07. The standard InChI is InChI=1S/C21H22N2O4/c1-26-13-12-23-11-10-17-18(4-3-5-19(17)23)21(25)22-14-20(24)15-6-8-16(27-2)9-7-15/h3-11H,12-14H2,1-2H3,(H,22,25). The molecule has 0 unspecified atom stereocenters. The second kappa shape index (κ2) is 8.51. The zero-order chi connectivity index (χ0) is 19.2. The lowest BCUT2D eigenvalue weighted by molar-refractivity contribution is 0.0905. The number of rotatable bonds is 8. The molecule has 1 amide bonds. The highest BCUT2D eigenvalue weighted by Gasteiger charge is 2.14. The van der Waals surface area contributed by atoms with Gasteiger partial charge in [0.15, 0.2) is 5.78 Å². The number of nitrogens with one attached hydrogen (secondary N) is 1.